The number of anilines is 1. The van der Waals surface area contributed by atoms with E-state index in [4.69, 9.17) is 0 Å². The molecule has 1 N–H and O–H groups in total. The van der Waals surface area contributed by atoms with Gasteiger partial charge in [0.1, 0.15) is 5.82 Å². The first-order chi connectivity index (χ1) is 10.2. The lowest BCUT2D eigenvalue weighted by Gasteiger charge is -2.37. The maximum atomic E-state index is 13.6. The fourth-order valence-electron chi connectivity index (χ4n) is 3.60. The summed E-state index contributed by atoms with van der Waals surface area (Å²) >= 11 is 3.66. The summed E-state index contributed by atoms with van der Waals surface area (Å²) in [6.45, 7) is 0. The van der Waals surface area contributed by atoms with Crippen molar-refractivity contribution in [1.29, 1.82) is 0 Å². The second-order valence-electron chi connectivity index (χ2n) is 5.73. The Labute approximate surface area is 132 Å². The van der Waals surface area contributed by atoms with Gasteiger partial charge in [0.15, 0.2) is 0 Å². The molecule has 0 saturated carbocycles. The molecule has 1 heterocycles. The van der Waals surface area contributed by atoms with Gasteiger partial charge in [0.2, 0.25) is 0 Å². The van der Waals surface area contributed by atoms with Gasteiger partial charge in [0.05, 0.1) is 6.04 Å². The molecule has 1 nitrogen and oxygen atoms in total. The summed E-state index contributed by atoms with van der Waals surface area (Å²) in [4.78, 5) is 0. The Balaban J connectivity index is 1.82. The largest absolute Gasteiger partial charge is 0.378 e. The van der Waals surface area contributed by atoms with Crippen molar-refractivity contribution in [2.45, 2.75) is 18.4 Å². The minimum Gasteiger partial charge on any atom is -0.378 e. The molecule has 0 spiro atoms. The minimum atomic E-state index is -0.158. The monoisotopic (exact) mass is 343 g/mol. The molecule has 106 valence electrons. The number of nitrogens with one attached hydrogen (secondary N) is 1. The van der Waals surface area contributed by atoms with E-state index >= 15 is 0 Å². The lowest BCUT2D eigenvalue weighted by atomic mass is 9.77. The van der Waals surface area contributed by atoms with E-state index in [2.05, 4.69) is 51.6 Å². The van der Waals surface area contributed by atoms with E-state index in [1.807, 2.05) is 12.1 Å². The Morgan fingerprint density at radius 1 is 1.10 bits per heavy atom. The zero-order valence-electron chi connectivity index (χ0n) is 11.4. The molecule has 4 rings (SSSR count). The topological polar surface area (TPSA) is 12.0 Å². The third-order valence-corrected chi connectivity index (χ3v) is 5.29. The van der Waals surface area contributed by atoms with Crippen molar-refractivity contribution in [2.75, 3.05) is 5.32 Å². The van der Waals surface area contributed by atoms with Crippen LogP contribution in [0.4, 0.5) is 10.1 Å². The predicted molar refractivity (Wildman–Crippen MR) is 86.9 cm³/mol. The molecule has 0 amide bonds. The highest BCUT2D eigenvalue weighted by Gasteiger charge is 2.38. The zero-order valence-corrected chi connectivity index (χ0v) is 13.0. The summed E-state index contributed by atoms with van der Waals surface area (Å²) in [5, 5.41) is 3.62. The molecule has 0 radical (unpaired) electrons. The summed E-state index contributed by atoms with van der Waals surface area (Å²) in [6, 6.07) is 13.6. The zero-order chi connectivity index (χ0) is 14.4. The van der Waals surface area contributed by atoms with Crippen molar-refractivity contribution in [3.05, 3.63) is 76.0 Å². The molecule has 2 aliphatic rings. The number of halogens is 2. The predicted octanol–water partition coefficient (Wildman–Crippen LogP) is 5.41. The Bertz CT molecular complexity index is 725. The van der Waals surface area contributed by atoms with Crippen LogP contribution >= 0.6 is 15.9 Å². The smallest absolute Gasteiger partial charge is 0.123 e. The number of hydrogen-bond acceptors (Lipinski definition) is 1. The molecule has 1 aliphatic heterocycles. The van der Waals surface area contributed by atoms with Gasteiger partial charge in [0, 0.05) is 16.1 Å². The van der Waals surface area contributed by atoms with Crippen molar-refractivity contribution < 1.29 is 4.39 Å². The Hall–Kier alpha value is -1.61. The fraction of sp³-hybridized carbons (Fsp3) is 0.222. The standard InChI is InChI=1S/C18H15BrFN/c19-16-7-2-1-4-14(16)18-13-6-3-5-12(13)15-10-11(20)8-9-17(15)21-18/h1-5,7-10,12-13,18,21H,6H2/t12-,13+,18-/m0/s1. The average Bonchev–Trinajstić information content (AvgIpc) is 2.97. The SMILES string of the molecule is Fc1ccc2c(c1)[C@H]1C=CC[C@H]1[C@@H](c1ccccc1Br)N2. The van der Waals surface area contributed by atoms with E-state index in [1.54, 1.807) is 6.07 Å². The van der Waals surface area contributed by atoms with Crippen molar-refractivity contribution in [3.8, 4) is 0 Å². The van der Waals surface area contributed by atoms with Crippen molar-refractivity contribution in [1.82, 2.24) is 0 Å². The van der Waals surface area contributed by atoms with Crippen LogP contribution in [0.25, 0.3) is 0 Å². The molecule has 0 bridgehead atoms. The lowest BCUT2D eigenvalue weighted by molar-refractivity contribution is 0.423. The fourth-order valence-corrected chi connectivity index (χ4v) is 4.13. The van der Waals surface area contributed by atoms with E-state index < -0.39 is 0 Å². The third-order valence-electron chi connectivity index (χ3n) is 4.57. The van der Waals surface area contributed by atoms with E-state index in [-0.39, 0.29) is 11.9 Å². The Kier molecular flexibility index (Phi) is 3.11. The summed E-state index contributed by atoms with van der Waals surface area (Å²) in [5.74, 6) is 0.584. The van der Waals surface area contributed by atoms with E-state index in [0.717, 1.165) is 22.1 Å². The first-order valence-corrected chi connectivity index (χ1v) is 8.00. The molecule has 0 saturated heterocycles. The maximum Gasteiger partial charge on any atom is 0.123 e. The molecular formula is C18H15BrFN. The molecule has 3 atom stereocenters. The number of benzene rings is 2. The van der Waals surface area contributed by atoms with Gasteiger partial charge in [-0.1, -0.05) is 46.3 Å². The maximum absolute atomic E-state index is 13.6. The molecule has 0 aromatic heterocycles. The van der Waals surface area contributed by atoms with Gasteiger partial charge < -0.3 is 5.32 Å². The van der Waals surface area contributed by atoms with Crippen molar-refractivity contribution >= 4 is 21.6 Å². The number of fused-ring (bicyclic) bond motifs is 3. The van der Waals surface area contributed by atoms with Crippen LogP contribution in [0.3, 0.4) is 0 Å². The van der Waals surface area contributed by atoms with Gasteiger partial charge in [-0.2, -0.15) is 0 Å². The summed E-state index contributed by atoms with van der Waals surface area (Å²) in [5.41, 5.74) is 3.40. The van der Waals surface area contributed by atoms with E-state index in [0.29, 0.717) is 11.8 Å². The van der Waals surface area contributed by atoms with Gasteiger partial charge in [-0.05, 0) is 47.7 Å². The van der Waals surface area contributed by atoms with E-state index in [1.165, 1.54) is 11.6 Å². The van der Waals surface area contributed by atoms with Gasteiger partial charge in [-0.15, -0.1) is 0 Å². The highest BCUT2D eigenvalue weighted by Crippen LogP contribution is 2.50. The van der Waals surface area contributed by atoms with Crippen LogP contribution in [0.5, 0.6) is 0 Å². The van der Waals surface area contributed by atoms with Crippen LogP contribution < -0.4 is 5.32 Å². The van der Waals surface area contributed by atoms with Crippen LogP contribution in [0.1, 0.15) is 29.5 Å². The highest BCUT2D eigenvalue weighted by atomic mass is 79.9. The first kappa shape index (κ1) is 13.1. The third kappa shape index (κ3) is 2.11. The highest BCUT2D eigenvalue weighted by molar-refractivity contribution is 9.10. The Morgan fingerprint density at radius 3 is 2.81 bits per heavy atom. The first-order valence-electron chi connectivity index (χ1n) is 7.21. The molecule has 0 unspecified atom stereocenters. The van der Waals surface area contributed by atoms with Crippen LogP contribution in [-0.4, -0.2) is 0 Å². The number of allylic oxidation sites excluding steroid dienone is 2. The summed E-state index contributed by atoms with van der Waals surface area (Å²) in [7, 11) is 0. The summed E-state index contributed by atoms with van der Waals surface area (Å²) in [6.07, 6.45) is 5.48. The molecule has 2 aromatic carbocycles. The van der Waals surface area contributed by atoms with Gasteiger partial charge in [-0.25, -0.2) is 4.39 Å². The number of rotatable bonds is 1. The minimum absolute atomic E-state index is 0.158. The van der Waals surface area contributed by atoms with Crippen molar-refractivity contribution in [2.24, 2.45) is 5.92 Å². The van der Waals surface area contributed by atoms with Gasteiger partial charge >= 0.3 is 0 Å². The molecule has 21 heavy (non-hydrogen) atoms. The summed E-state index contributed by atoms with van der Waals surface area (Å²) < 4.78 is 14.7. The molecule has 0 fully saturated rings. The molecule has 2 aromatic rings. The molecule has 1 aliphatic carbocycles. The number of hydrogen-bond donors (Lipinski definition) is 1. The quantitative estimate of drug-likeness (QED) is 0.682. The second-order valence-corrected chi connectivity index (χ2v) is 6.58. The van der Waals surface area contributed by atoms with E-state index in [9.17, 15) is 4.39 Å². The normalized spacial score (nSPS) is 26.1. The van der Waals surface area contributed by atoms with Crippen molar-refractivity contribution in [3.63, 3.8) is 0 Å². The molecular weight excluding hydrogens is 329 g/mol. The lowest BCUT2D eigenvalue weighted by Crippen LogP contribution is -2.29. The van der Waals surface area contributed by atoms with Crippen LogP contribution in [-0.2, 0) is 0 Å². The van der Waals surface area contributed by atoms with Crippen LogP contribution in [0.15, 0.2) is 59.1 Å². The van der Waals surface area contributed by atoms with Gasteiger partial charge in [-0.3, -0.25) is 0 Å². The second kappa shape index (κ2) is 4.99. The van der Waals surface area contributed by atoms with Crippen LogP contribution in [0.2, 0.25) is 0 Å². The molecule has 3 heteroatoms. The average molecular weight is 344 g/mol. The van der Waals surface area contributed by atoms with Crippen LogP contribution in [0, 0.1) is 11.7 Å². The Morgan fingerprint density at radius 2 is 1.95 bits per heavy atom. The van der Waals surface area contributed by atoms with Gasteiger partial charge in [0.25, 0.3) is 0 Å².